The van der Waals surface area contributed by atoms with Crippen LogP contribution in [0.15, 0.2) is 24.3 Å². The minimum Gasteiger partial charge on any atom is -0.368 e. The minimum absolute atomic E-state index is 0.138. The van der Waals surface area contributed by atoms with Crippen molar-refractivity contribution in [1.82, 2.24) is 9.80 Å². The van der Waals surface area contributed by atoms with Gasteiger partial charge in [0.25, 0.3) is 5.91 Å². The Balaban J connectivity index is 1.50. The van der Waals surface area contributed by atoms with Crippen molar-refractivity contribution in [1.29, 1.82) is 0 Å². The van der Waals surface area contributed by atoms with Crippen LogP contribution in [-0.4, -0.2) is 59.7 Å². The number of carbonyl (C=O) groups excluding carboxylic acids is 1. The van der Waals surface area contributed by atoms with Crippen LogP contribution in [0.3, 0.4) is 0 Å². The Labute approximate surface area is 161 Å². The third-order valence-electron chi connectivity index (χ3n) is 5.09. The summed E-state index contributed by atoms with van der Waals surface area (Å²) in [4.78, 5) is 16.5. The monoisotopic (exact) mass is 375 g/mol. The summed E-state index contributed by atoms with van der Waals surface area (Å²) < 4.78 is 5.51. The third-order valence-corrected chi connectivity index (χ3v) is 5.45. The van der Waals surface area contributed by atoms with Crippen molar-refractivity contribution in [3.8, 4) is 0 Å². The van der Waals surface area contributed by atoms with E-state index in [1.54, 1.807) is 0 Å². The SMILES string of the molecule is CC(C)(C)c1ccc(NC(=S)N2CCN(C(=O)C3CCCO3)CC2)cc1. The molecule has 2 fully saturated rings. The molecule has 0 spiro atoms. The van der Waals surface area contributed by atoms with Gasteiger partial charge in [-0.2, -0.15) is 0 Å². The summed E-state index contributed by atoms with van der Waals surface area (Å²) in [5.74, 6) is 0.138. The van der Waals surface area contributed by atoms with E-state index in [0.29, 0.717) is 19.7 Å². The van der Waals surface area contributed by atoms with Gasteiger partial charge in [0.05, 0.1) is 0 Å². The molecule has 1 atom stereocenters. The van der Waals surface area contributed by atoms with E-state index in [1.165, 1.54) is 5.56 Å². The van der Waals surface area contributed by atoms with Gasteiger partial charge in [0.1, 0.15) is 6.10 Å². The molecule has 0 aromatic heterocycles. The van der Waals surface area contributed by atoms with Crippen LogP contribution in [0.5, 0.6) is 0 Å². The molecule has 1 aromatic carbocycles. The molecule has 2 aliphatic rings. The summed E-state index contributed by atoms with van der Waals surface area (Å²) in [7, 11) is 0. The molecule has 3 rings (SSSR count). The predicted molar refractivity (Wildman–Crippen MR) is 108 cm³/mol. The second kappa shape index (κ2) is 7.92. The summed E-state index contributed by atoms with van der Waals surface area (Å²) >= 11 is 5.56. The van der Waals surface area contributed by atoms with E-state index >= 15 is 0 Å². The first kappa shape index (κ1) is 19.1. The highest BCUT2D eigenvalue weighted by atomic mass is 32.1. The van der Waals surface area contributed by atoms with Gasteiger partial charge in [0.15, 0.2) is 5.11 Å². The molecule has 2 heterocycles. The minimum atomic E-state index is -0.229. The molecule has 0 radical (unpaired) electrons. The van der Waals surface area contributed by atoms with Gasteiger partial charge >= 0.3 is 0 Å². The molecule has 1 unspecified atom stereocenters. The summed E-state index contributed by atoms with van der Waals surface area (Å²) in [5.41, 5.74) is 2.45. The van der Waals surface area contributed by atoms with Crippen molar-refractivity contribution >= 4 is 28.9 Å². The standard InChI is InChI=1S/C20H29N3O2S/c1-20(2,3)15-6-8-16(9-7-15)21-19(26)23-12-10-22(11-13-23)18(24)17-5-4-14-25-17/h6-9,17H,4-5,10-14H2,1-3H3,(H,21,26). The number of benzene rings is 1. The van der Waals surface area contributed by atoms with Crippen molar-refractivity contribution in [3.63, 3.8) is 0 Å². The lowest BCUT2D eigenvalue weighted by Gasteiger charge is -2.37. The largest absolute Gasteiger partial charge is 0.368 e. The molecule has 0 aliphatic carbocycles. The average molecular weight is 376 g/mol. The number of rotatable bonds is 2. The van der Waals surface area contributed by atoms with E-state index in [4.69, 9.17) is 17.0 Å². The number of nitrogens with zero attached hydrogens (tertiary/aromatic N) is 2. The molecule has 1 amide bonds. The molecule has 0 bridgehead atoms. The normalized spacial score (nSPS) is 21.0. The van der Waals surface area contributed by atoms with Crippen LogP contribution >= 0.6 is 12.2 Å². The van der Waals surface area contributed by atoms with E-state index in [-0.39, 0.29) is 17.4 Å². The van der Waals surface area contributed by atoms with Crippen molar-refractivity contribution in [3.05, 3.63) is 29.8 Å². The molecule has 5 nitrogen and oxygen atoms in total. The lowest BCUT2D eigenvalue weighted by molar-refractivity contribution is -0.142. The number of piperazine rings is 1. The molecule has 1 N–H and O–H groups in total. The van der Waals surface area contributed by atoms with Gasteiger partial charge in [-0.15, -0.1) is 0 Å². The zero-order valence-corrected chi connectivity index (χ0v) is 16.8. The average Bonchev–Trinajstić information content (AvgIpc) is 3.15. The van der Waals surface area contributed by atoms with Gasteiger partial charge in [-0.1, -0.05) is 32.9 Å². The number of amides is 1. The van der Waals surface area contributed by atoms with E-state index in [2.05, 4.69) is 55.3 Å². The molecule has 0 saturated carbocycles. The van der Waals surface area contributed by atoms with Gasteiger partial charge < -0.3 is 19.9 Å². The van der Waals surface area contributed by atoms with Crippen LogP contribution < -0.4 is 5.32 Å². The zero-order valence-electron chi connectivity index (χ0n) is 16.0. The maximum atomic E-state index is 12.4. The quantitative estimate of drug-likeness (QED) is 0.805. The fraction of sp³-hybridized carbons (Fsp3) is 0.600. The number of carbonyl (C=O) groups is 1. The van der Waals surface area contributed by atoms with Crippen LogP contribution in [0.25, 0.3) is 0 Å². The molecular formula is C20H29N3O2S. The first-order valence-electron chi connectivity index (χ1n) is 9.41. The Kier molecular flexibility index (Phi) is 5.82. The van der Waals surface area contributed by atoms with Crippen LogP contribution in [0.4, 0.5) is 5.69 Å². The number of hydrogen-bond acceptors (Lipinski definition) is 3. The summed E-state index contributed by atoms with van der Waals surface area (Å²) in [5, 5.41) is 4.04. The zero-order chi connectivity index (χ0) is 18.7. The molecule has 2 saturated heterocycles. The van der Waals surface area contributed by atoms with Gasteiger partial charge in [0, 0.05) is 38.5 Å². The van der Waals surface area contributed by atoms with E-state index in [1.807, 2.05) is 4.90 Å². The Bertz CT molecular complexity index is 640. The van der Waals surface area contributed by atoms with Gasteiger partial charge in [-0.3, -0.25) is 4.79 Å². The first-order valence-corrected chi connectivity index (χ1v) is 9.82. The maximum Gasteiger partial charge on any atom is 0.251 e. The Morgan fingerprint density at radius 1 is 1.12 bits per heavy atom. The van der Waals surface area contributed by atoms with Crippen molar-refractivity contribution in [2.75, 3.05) is 38.1 Å². The smallest absolute Gasteiger partial charge is 0.251 e. The fourth-order valence-electron chi connectivity index (χ4n) is 3.36. The highest BCUT2D eigenvalue weighted by Crippen LogP contribution is 2.23. The summed E-state index contributed by atoms with van der Waals surface area (Å²) in [6.07, 6.45) is 1.61. The van der Waals surface area contributed by atoms with Gasteiger partial charge in [-0.05, 0) is 48.2 Å². The summed E-state index contributed by atoms with van der Waals surface area (Å²) in [6, 6.07) is 8.43. The van der Waals surface area contributed by atoms with Crippen LogP contribution in [0.2, 0.25) is 0 Å². The molecule has 6 heteroatoms. The highest BCUT2D eigenvalue weighted by molar-refractivity contribution is 7.80. The molecule has 1 aromatic rings. The molecular weight excluding hydrogens is 346 g/mol. The highest BCUT2D eigenvalue weighted by Gasteiger charge is 2.30. The maximum absolute atomic E-state index is 12.4. The number of ether oxygens (including phenoxy) is 1. The first-order chi connectivity index (χ1) is 12.3. The number of anilines is 1. The second-order valence-electron chi connectivity index (χ2n) is 8.07. The summed E-state index contributed by atoms with van der Waals surface area (Å²) in [6.45, 7) is 10.2. The van der Waals surface area contributed by atoms with Gasteiger partial charge in [0.2, 0.25) is 0 Å². The van der Waals surface area contributed by atoms with Crippen molar-refractivity contribution < 1.29 is 9.53 Å². The molecule has 142 valence electrons. The number of hydrogen-bond donors (Lipinski definition) is 1. The van der Waals surface area contributed by atoms with E-state index < -0.39 is 0 Å². The van der Waals surface area contributed by atoms with E-state index in [9.17, 15) is 4.79 Å². The number of nitrogens with one attached hydrogen (secondary N) is 1. The topological polar surface area (TPSA) is 44.8 Å². The Morgan fingerprint density at radius 3 is 2.27 bits per heavy atom. The van der Waals surface area contributed by atoms with Gasteiger partial charge in [-0.25, -0.2) is 0 Å². The van der Waals surface area contributed by atoms with Crippen LogP contribution in [0, 0.1) is 0 Å². The Morgan fingerprint density at radius 2 is 1.73 bits per heavy atom. The van der Waals surface area contributed by atoms with Crippen LogP contribution in [-0.2, 0) is 14.9 Å². The van der Waals surface area contributed by atoms with Crippen LogP contribution in [0.1, 0.15) is 39.2 Å². The predicted octanol–water partition coefficient (Wildman–Crippen LogP) is 3.00. The molecule has 26 heavy (non-hydrogen) atoms. The van der Waals surface area contributed by atoms with Crippen molar-refractivity contribution in [2.24, 2.45) is 0 Å². The second-order valence-corrected chi connectivity index (χ2v) is 8.46. The van der Waals surface area contributed by atoms with E-state index in [0.717, 1.165) is 36.7 Å². The Hall–Kier alpha value is -1.66. The van der Waals surface area contributed by atoms with Crippen molar-refractivity contribution in [2.45, 2.75) is 45.1 Å². The lowest BCUT2D eigenvalue weighted by atomic mass is 9.87. The fourth-order valence-corrected chi connectivity index (χ4v) is 3.66. The third kappa shape index (κ3) is 4.54. The molecule has 2 aliphatic heterocycles. The number of thiocarbonyl (C=S) groups is 1. The lowest BCUT2D eigenvalue weighted by Crippen LogP contribution is -2.53.